The summed E-state index contributed by atoms with van der Waals surface area (Å²) in [5, 5.41) is 0. The molecule has 0 aliphatic heterocycles. The first-order valence-electron chi connectivity index (χ1n) is 6.40. The fourth-order valence-corrected chi connectivity index (χ4v) is 1.62. The molecule has 0 atom stereocenters. The second-order valence-electron chi connectivity index (χ2n) is 4.38. The van der Waals surface area contributed by atoms with Crippen LogP contribution in [0, 0.1) is 13.8 Å². The average Bonchev–Trinajstić information content (AvgIpc) is 2.43. The highest BCUT2D eigenvalue weighted by Crippen LogP contribution is 2.15. The summed E-state index contributed by atoms with van der Waals surface area (Å²) in [4.78, 5) is 38.2. The van der Waals surface area contributed by atoms with Crippen molar-refractivity contribution in [1.82, 2.24) is 15.8 Å². The monoisotopic (exact) mass is 333 g/mol. The maximum atomic E-state index is 12.1. The molecule has 2 amide bonds. The van der Waals surface area contributed by atoms with Gasteiger partial charge in [0.05, 0.1) is 29.1 Å². The molecule has 0 radical (unpaired) electrons. The van der Waals surface area contributed by atoms with E-state index in [0.717, 1.165) is 6.07 Å². The minimum atomic E-state index is -5.13. The molecule has 2 N–H and O–H groups in total. The summed E-state index contributed by atoms with van der Waals surface area (Å²) in [6.45, 7) is 4.65. The van der Waals surface area contributed by atoms with Crippen molar-refractivity contribution >= 4 is 17.8 Å². The highest BCUT2D eigenvalue weighted by molar-refractivity contribution is 5.99. The van der Waals surface area contributed by atoms with E-state index in [1.54, 1.807) is 12.3 Å². The summed E-state index contributed by atoms with van der Waals surface area (Å²) in [6.07, 6.45) is -5.13. The number of nitrogens with one attached hydrogen (secondary N) is 2. The first-order chi connectivity index (χ1) is 10.6. The van der Waals surface area contributed by atoms with Gasteiger partial charge in [0.2, 0.25) is 0 Å². The number of hydrogen-bond donors (Lipinski definition) is 2. The zero-order chi connectivity index (χ0) is 17.8. The molecular weight excluding hydrogens is 319 g/mol. The van der Waals surface area contributed by atoms with Crippen LogP contribution in [-0.2, 0) is 9.53 Å². The predicted octanol–water partition coefficient (Wildman–Crippen LogP) is 1.20. The Bertz CT molecular complexity index is 644. The Morgan fingerprint density at radius 1 is 1.13 bits per heavy atom. The predicted molar refractivity (Wildman–Crippen MR) is 71.3 cm³/mol. The van der Waals surface area contributed by atoms with Gasteiger partial charge >= 0.3 is 18.1 Å². The molecule has 0 unspecified atom stereocenters. The largest absolute Gasteiger partial charge is 0.472 e. The summed E-state index contributed by atoms with van der Waals surface area (Å²) in [6, 6.07) is 1.14. The Morgan fingerprint density at radius 3 is 2.22 bits per heavy atom. The molecule has 1 aromatic rings. The smallest absolute Gasteiger partial charge is 0.462 e. The molecular formula is C13H14F3N3O4. The number of hydrogen-bond acceptors (Lipinski definition) is 5. The molecule has 126 valence electrons. The minimum absolute atomic E-state index is 0.00440. The molecule has 0 saturated carbocycles. The van der Waals surface area contributed by atoms with Crippen molar-refractivity contribution in [3.8, 4) is 0 Å². The molecule has 0 aliphatic carbocycles. The molecule has 0 spiro atoms. The van der Waals surface area contributed by atoms with Crippen molar-refractivity contribution in [2.45, 2.75) is 26.9 Å². The fraction of sp³-hybridized carbons (Fsp3) is 0.385. The summed E-state index contributed by atoms with van der Waals surface area (Å²) in [5.74, 6) is -4.08. The number of carbonyl (C=O) groups excluding carboxylic acids is 3. The third kappa shape index (κ3) is 4.66. The van der Waals surface area contributed by atoms with E-state index < -0.39 is 24.0 Å². The molecule has 1 aromatic heterocycles. The molecule has 0 bridgehead atoms. The van der Waals surface area contributed by atoms with E-state index in [2.05, 4.69) is 4.98 Å². The number of pyridine rings is 1. The van der Waals surface area contributed by atoms with Crippen LogP contribution < -0.4 is 10.9 Å². The summed E-state index contributed by atoms with van der Waals surface area (Å²) >= 11 is 0. The molecule has 7 nitrogen and oxygen atoms in total. The quantitative estimate of drug-likeness (QED) is 0.640. The van der Waals surface area contributed by atoms with E-state index in [4.69, 9.17) is 4.74 Å². The van der Waals surface area contributed by atoms with Crippen LogP contribution in [0.15, 0.2) is 6.07 Å². The Labute approximate surface area is 129 Å². The van der Waals surface area contributed by atoms with Crippen LogP contribution in [-0.4, -0.2) is 35.6 Å². The molecule has 0 aliphatic rings. The number of halogens is 3. The Hall–Kier alpha value is -2.65. The lowest BCUT2D eigenvalue weighted by Crippen LogP contribution is -2.48. The maximum Gasteiger partial charge on any atom is 0.472 e. The summed E-state index contributed by atoms with van der Waals surface area (Å²) < 4.78 is 41.0. The van der Waals surface area contributed by atoms with Crippen LogP contribution in [0.1, 0.15) is 39.0 Å². The third-order valence-electron chi connectivity index (χ3n) is 2.69. The van der Waals surface area contributed by atoms with Gasteiger partial charge in [0, 0.05) is 0 Å². The van der Waals surface area contributed by atoms with Gasteiger partial charge in [0.25, 0.3) is 5.91 Å². The van der Waals surface area contributed by atoms with Crippen molar-refractivity contribution in [3.05, 3.63) is 28.6 Å². The molecule has 0 saturated heterocycles. The van der Waals surface area contributed by atoms with Gasteiger partial charge in [-0.15, -0.1) is 0 Å². The maximum absolute atomic E-state index is 12.1. The van der Waals surface area contributed by atoms with Crippen LogP contribution in [0.4, 0.5) is 13.2 Å². The number of aromatic nitrogens is 1. The van der Waals surface area contributed by atoms with Crippen molar-refractivity contribution in [2.75, 3.05) is 6.61 Å². The van der Waals surface area contributed by atoms with Gasteiger partial charge in [-0.3, -0.25) is 25.4 Å². The topological polar surface area (TPSA) is 97.4 Å². The van der Waals surface area contributed by atoms with Crippen LogP contribution in [0.3, 0.4) is 0 Å². The van der Waals surface area contributed by atoms with Crippen molar-refractivity contribution in [3.63, 3.8) is 0 Å². The molecule has 1 rings (SSSR count). The van der Waals surface area contributed by atoms with Gasteiger partial charge in [-0.05, 0) is 26.8 Å². The Kier molecular flexibility index (Phi) is 5.66. The molecule has 0 aromatic carbocycles. The lowest BCUT2D eigenvalue weighted by atomic mass is 10.1. The van der Waals surface area contributed by atoms with Gasteiger partial charge in [-0.25, -0.2) is 4.79 Å². The van der Waals surface area contributed by atoms with Crippen LogP contribution in [0.5, 0.6) is 0 Å². The molecule has 10 heteroatoms. The SMILES string of the molecule is CCOC(=O)c1cc(C(=O)NNC(=O)C(F)(F)F)c(C)nc1C. The van der Waals surface area contributed by atoms with Crippen molar-refractivity contribution in [1.29, 1.82) is 0 Å². The summed E-state index contributed by atoms with van der Waals surface area (Å²) in [5.41, 5.74) is 3.16. The van der Waals surface area contributed by atoms with Crippen molar-refractivity contribution < 1.29 is 32.3 Å². The highest BCUT2D eigenvalue weighted by atomic mass is 19.4. The van der Waals surface area contributed by atoms with E-state index >= 15 is 0 Å². The number of amides is 2. The number of carbonyl (C=O) groups is 3. The van der Waals surface area contributed by atoms with Crippen molar-refractivity contribution in [2.24, 2.45) is 0 Å². The average molecular weight is 333 g/mol. The fourth-order valence-electron chi connectivity index (χ4n) is 1.62. The number of hydrazine groups is 1. The minimum Gasteiger partial charge on any atom is -0.462 e. The first kappa shape index (κ1) is 18.4. The van der Waals surface area contributed by atoms with Gasteiger partial charge < -0.3 is 4.74 Å². The molecule has 23 heavy (non-hydrogen) atoms. The van der Waals surface area contributed by atoms with Gasteiger partial charge in [-0.2, -0.15) is 13.2 Å². The van der Waals surface area contributed by atoms with E-state index in [1.807, 2.05) is 0 Å². The van der Waals surface area contributed by atoms with E-state index in [9.17, 15) is 27.6 Å². The Balaban J connectivity index is 2.99. The molecule has 1 heterocycles. The van der Waals surface area contributed by atoms with Crippen LogP contribution in [0.25, 0.3) is 0 Å². The van der Waals surface area contributed by atoms with E-state index in [0.29, 0.717) is 5.69 Å². The standard InChI is InChI=1S/C13H14F3N3O4/c1-4-23-11(21)9-5-8(6(2)17-7(9)3)10(20)18-19-12(22)13(14,15)16/h5H,4H2,1-3H3,(H,18,20)(H,19,22). The third-order valence-corrected chi connectivity index (χ3v) is 2.69. The number of esters is 1. The van der Waals surface area contributed by atoms with Gasteiger partial charge in [0.15, 0.2) is 0 Å². The van der Waals surface area contributed by atoms with E-state index in [1.165, 1.54) is 19.3 Å². The zero-order valence-corrected chi connectivity index (χ0v) is 12.5. The normalized spacial score (nSPS) is 10.9. The number of nitrogens with zero attached hydrogens (tertiary/aromatic N) is 1. The first-order valence-corrected chi connectivity index (χ1v) is 6.40. The lowest BCUT2D eigenvalue weighted by Gasteiger charge is -2.12. The van der Waals surface area contributed by atoms with Gasteiger partial charge in [-0.1, -0.05) is 0 Å². The van der Waals surface area contributed by atoms with Gasteiger partial charge in [0.1, 0.15) is 0 Å². The number of alkyl halides is 3. The van der Waals surface area contributed by atoms with Crippen LogP contribution >= 0.6 is 0 Å². The van der Waals surface area contributed by atoms with E-state index in [-0.39, 0.29) is 23.4 Å². The Morgan fingerprint density at radius 2 is 1.70 bits per heavy atom. The summed E-state index contributed by atoms with van der Waals surface area (Å²) in [7, 11) is 0. The number of aryl methyl sites for hydroxylation is 2. The highest BCUT2D eigenvalue weighted by Gasteiger charge is 2.39. The zero-order valence-electron chi connectivity index (χ0n) is 12.5. The van der Waals surface area contributed by atoms with Crippen LogP contribution in [0.2, 0.25) is 0 Å². The number of rotatable bonds is 3. The second-order valence-corrected chi connectivity index (χ2v) is 4.38. The second kappa shape index (κ2) is 7.07. The number of ether oxygens (including phenoxy) is 1. The molecule has 0 fully saturated rings. The lowest BCUT2D eigenvalue weighted by molar-refractivity contribution is -0.174.